The van der Waals surface area contributed by atoms with E-state index in [1.165, 1.54) is 0 Å². The molecule has 0 atom stereocenters. The number of hydrogen-bond donors (Lipinski definition) is 0. The van der Waals surface area contributed by atoms with E-state index < -0.39 is 0 Å². The normalized spacial score (nSPS) is 11.7. The number of fused-ring (bicyclic) bond motifs is 20. The topological polar surface area (TPSA) is 106 Å². The molecule has 9 rings (SSSR count). The molecule has 8 bridgehead atoms. The first kappa shape index (κ1) is 24.3. The van der Waals surface area contributed by atoms with Crippen LogP contribution >= 0.6 is 0 Å². The summed E-state index contributed by atoms with van der Waals surface area (Å²) in [5.74, 6) is 2.21. The SMILES string of the molecule is [Ca+2].c1ccc2c(c1)-c1nc-2nc2[n-]c(nc3nc(nc4[n-]c(n1)c1ccccc41)-c1ccccc1-3)c1ccccc21. The van der Waals surface area contributed by atoms with Crippen molar-refractivity contribution < 1.29 is 0 Å². The van der Waals surface area contributed by atoms with Crippen LogP contribution in [0.15, 0.2) is 97.1 Å². The van der Waals surface area contributed by atoms with Crippen LogP contribution in [-0.4, -0.2) is 67.6 Å². The van der Waals surface area contributed by atoms with Crippen LogP contribution in [0.1, 0.15) is 0 Å². The molecular weight excluding hydrogens is 536 g/mol. The third kappa shape index (κ3) is 3.72. The minimum atomic E-state index is 0. The van der Waals surface area contributed by atoms with Crippen molar-refractivity contribution in [2.75, 3.05) is 0 Å². The third-order valence-corrected chi connectivity index (χ3v) is 7.33. The van der Waals surface area contributed by atoms with E-state index in [9.17, 15) is 0 Å². The average Bonchev–Trinajstić information content (AvgIpc) is 3.73. The van der Waals surface area contributed by atoms with Crippen LogP contribution in [-0.2, 0) is 0 Å². The molecule has 0 spiro atoms. The Balaban J connectivity index is 0.00000256. The summed E-state index contributed by atoms with van der Waals surface area (Å²) in [7, 11) is 0. The van der Waals surface area contributed by atoms with E-state index >= 15 is 0 Å². The summed E-state index contributed by atoms with van der Waals surface area (Å²) in [4.78, 5) is 39.3. The van der Waals surface area contributed by atoms with E-state index in [2.05, 4.69) is 0 Å². The molecule has 7 aromatic rings. The second-order valence-electron chi connectivity index (χ2n) is 9.67. The Morgan fingerprint density at radius 2 is 0.561 bits per heavy atom. The molecule has 41 heavy (non-hydrogen) atoms. The van der Waals surface area contributed by atoms with Crippen molar-refractivity contribution in [1.29, 1.82) is 0 Å². The second-order valence-corrected chi connectivity index (χ2v) is 9.67. The molecule has 0 radical (unpaired) electrons. The Morgan fingerprint density at radius 3 is 0.829 bits per heavy atom. The Labute approximate surface area is 262 Å². The molecule has 0 amide bonds. The zero-order chi connectivity index (χ0) is 26.2. The largest absolute Gasteiger partial charge is 2.00 e. The van der Waals surface area contributed by atoms with E-state index in [1.54, 1.807) is 0 Å². The zero-order valence-corrected chi connectivity index (χ0v) is 23.7. The van der Waals surface area contributed by atoms with Crippen molar-refractivity contribution >= 4 is 81.9 Å². The van der Waals surface area contributed by atoms with Crippen LogP contribution in [0.3, 0.4) is 0 Å². The molecule has 2 aliphatic heterocycles. The van der Waals surface area contributed by atoms with Crippen molar-refractivity contribution in [3.8, 4) is 45.6 Å². The molecule has 0 N–H and O–H groups in total. The van der Waals surface area contributed by atoms with Gasteiger partial charge in [0.2, 0.25) is 0 Å². The first-order valence-corrected chi connectivity index (χ1v) is 12.9. The fourth-order valence-corrected chi connectivity index (χ4v) is 5.46. The van der Waals surface area contributed by atoms with Gasteiger partial charge < -0.3 is 29.9 Å². The number of nitrogens with zero attached hydrogens (tertiary/aromatic N) is 8. The first-order chi connectivity index (χ1) is 19.8. The smallest absolute Gasteiger partial charge is 0.357 e. The van der Waals surface area contributed by atoms with Gasteiger partial charge in [-0.25, -0.2) is 9.97 Å². The van der Waals surface area contributed by atoms with E-state index in [-0.39, 0.29) is 37.7 Å². The molecule has 8 nitrogen and oxygen atoms in total. The predicted octanol–water partition coefficient (Wildman–Crippen LogP) is 5.75. The van der Waals surface area contributed by atoms with Gasteiger partial charge in [0.05, 0.1) is 23.3 Å². The molecular formula is C32H16CaN8. The monoisotopic (exact) mass is 552 g/mol. The van der Waals surface area contributed by atoms with Crippen molar-refractivity contribution in [3.63, 3.8) is 0 Å². The van der Waals surface area contributed by atoms with Gasteiger partial charge in [-0.05, 0) is 21.5 Å². The van der Waals surface area contributed by atoms with Gasteiger partial charge in [-0.3, -0.25) is 0 Å². The van der Waals surface area contributed by atoms with Gasteiger partial charge in [0, 0.05) is 44.8 Å². The van der Waals surface area contributed by atoms with Gasteiger partial charge in [0.15, 0.2) is 0 Å². The van der Waals surface area contributed by atoms with Crippen molar-refractivity contribution in [1.82, 2.24) is 39.9 Å². The maximum Gasteiger partial charge on any atom is 2.00 e. The Hall–Kier alpha value is -4.50. The van der Waals surface area contributed by atoms with Crippen LogP contribution in [0.4, 0.5) is 0 Å². The van der Waals surface area contributed by atoms with Crippen LogP contribution < -0.4 is 9.97 Å². The summed E-state index contributed by atoms with van der Waals surface area (Å²) in [6.45, 7) is 0. The van der Waals surface area contributed by atoms with Crippen LogP contribution in [0.2, 0.25) is 0 Å². The molecule has 0 saturated heterocycles. The second kappa shape index (κ2) is 9.27. The molecule has 0 unspecified atom stereocenters. The van der Waals surface area contributed by atoms with E-state index in [4.69, 9.17) is 39.9 Å². The molecule has 9 heteroatoms. The minimum Gasteiger partial charge on any atom is -0.357 e. The van der Waals surface area contributed by atoms with Gasteiger partial charge in [0.1, 0.15) is 0 Å². The van der Waals surface area contributed by atoms with Crippen LogP contribution in [0.25, 0.3) is 89.7 Å². The van der Waals surface area contributed by atoms with Gasteiger partial charge in [-0.2, -0.15) is 0 Å². The van der Waals surface area contributed by atoms with Gasteiger partial charge >= 0.3 is 37.7 Å². The zero-order valence-electron chi connectivity index (χ0n) is 21.5. The minimum absolute atomic E-state index is 0. The molecule has 2 aliphatic rings. The first-order valence-electron chi connectivity index (χ1n) is 12.9. The molecule has 3 aromatic heterocycles. The summed E-state index contributed by atoms with van der Waals surface area (Å²) >= 11 is 0. The summed E-state index contributed by atoms with van der Waals surface area (Å²) in [5.41, 5.74) is 5.78. The standard InChI is InChI=1S/C32H16N8.Ca/c1-2-10-18-17(9-1)25-33-26(18)38-28-21-13-5-6-14-22(21)30(35-28)40-32-24-16-8-7-15-23(24)31(36-32)39-29-20-12-4-3-11-19(20)27(34-29)37-25;/h1-16H;/q-2;+2. The number of benzene rings is 4. The van der Waals surface area contributed by atoms with Crippen molar-refractivity contribution in [2.24, 2.45) is 0 Å². The fourth-order valence-electron chi connectivity index (χ4n) is 5.46. The Morgan fingerprint density at radius 1 is 0.317 bits per heavy atom. The maximum atomic E-state index is 4.95. The molecule has 186 valence electrons. The van der Waals surface area contributed by atoms with E-state index in [0.717, 1.165) is 43.8 Å². The van der Waals surface area contributed by atoms with Crippen molar-refractivity contribution in [3.05, 3.63) is 97.1 Å². The molecule has 0 fully saturated rings. The molecule has 4 aromatic carbocycles. The summed E-state index contributed by atoms with van der Waals surface area (Å²) in [5, 5.41) is 3.57. The van der Waals surface area contributed by atoms with E-state index in [1.807, 2.05) is 97.1 Å². The quantitative estimate of drug-likeness (QED) is 0.219. The molecule has 0 saturated carbocycles. The van der Waals surface area contributed by atoms with Crippen LogP contribution in [0.5, 0.6) is 0 Å². The summed E-state index contributed by atoms with van der Waals surface area (Å²) in [6.07, 6.45) is 0. The average molecular weight is 553 g/mol. The number of aromatic nitrogens is 8. The molecule has 0 aliphatic carbocycles. The van der Waals surface area contributed by atoms with Gasteiger partial charge in [0.25, 0.3) is 0 Å². The summed E-state index contributed by atoms with van der Waals surface area (Å²) < 4.78 is 0. The maximum absolute atomic E-state index is 4.95. The fraction of sp³-hybridized carbons (Fsp3) is 0. The van der Waals surface area contributed by atoms with Crippen molar-refractivity contribution in [2.45, 2.75) is 0 Å². The molecule has 5 heterocycles. The number of rotatable bonds is 0. The van der Waals surface area contributed by atoms with Gasteiger partial charge in [-0.15, -0.1) is 0 Å². The Kier molecular flexibility index (Phi) is 5.50. The third-order valence-electron chi connectivity index (χ3n) is 7.33. The predicted molar refractivity (Wildman–Crippen MR) is 160 cm³/mol. The summed E-state index contributed by atoms with van der Waals surface area (Å²) in [6, 6.07) is 31.8. The van der Waals surface area contributed by atoms with E-state index in [0.29, 0.717) is 45.9 Å². The van der Waals surface area contributed by atoms with Crippen LogP contribution in [0, 0.1) is 0 Å². The Bertz CT molecular complexity index is 2030. The number of hydrogen-bond acceptors (Lipinski definition) is 6. The van der Waals surface area contributed by atoms with Gasteiger partial charge in [-0.1, -0.05) is 97.1 Å².